The average Bonchev–Trinajstić information content (AvgIpc) is 3.04. The van der Waals surface area contributed by atoms with E-state index in [1.165, 1.54) is 40.6 Å². The van der Waals surface area contributed by atoms with E-state index in [0.717, 1.165) is 5.56 Å². The summed E-state index contributed by atoms with van der Waals surface area (Å²) < 4.78 is 44.8. The van der Waals surface area contributed by atoms with E-state index in [-0.39, 0.29) is 0 Å². The third-order valence-electron chi connectivity index (χ3n) is 6.60. The fraction of sp³-hybridized carbons (Fsp3) is 0.250. The molecule has 0 fully saturated rings. The number of carbonyl (C=O) groups is 2. The van der Waals surface area contributed by atoms with Gasteiger partial charge in [0.25, 0.3) is 0 Å². The van der Waals surface area contributed by atoms with Crippen LogP contribution < -0.4 is 28.4 Å². The zero-order valence-electron chi connectivity index (χ0n) is 24.2. The molecule has 0 saturated heterocycles. The van der Waals surface area contributed by atoms with Gasteiger partial charge in [-0.05, 0) is 59.7 Å². The summed E-state index contributed by atoms with van der Waals surface area (Å²) >= 11 is 0. The molecule has 1 aliphatic heterocycles. The lowest BCUT2D eigenvalue weighted by molar-refractivity contribution is -0.135. The van der Waals surface area contributed by atoms with Gasteiger partial charge in [0, 0.05) is 23.3 Å². The molecule has 0 amide bonds. The lowest BCUT2D eigenvalue weighted by Crippen LogP contribution is -2.27. The van der Waals surface area contributed by atoms with E-state index >= 15 is 0 Å². The molecule has 2 atom stereocenters. The second-order valence-corrected chi connectivity index (χ2v) is 8.95. The summed E-state index contributed by atoms with van der Waals surface area (Å²) in [5, 5.41) is 0. The summed E-state index contributed by atoms with van der Waals surface area (Å²) in [6, 6.07) is 14.3. The van der Waals surface area contributed by atoms with Gasteiger partial charge in [-0.15, -0.1) is 0 Å². The molecule has 1 heterocycles. The summed E-state index contributed by atoms with van der Waals surface area (Å²) in [7, 11) is 8.79. The molecule has 0 bridgehead atoms. The zero-order chi connectivity index (χ0) is 30.2. The average molecular weight is 577 g/mol. The van der Waals surface area contributed by atoms with Gasteiger partial charge >= 0.3 is 11.9 Å². The second-order valence-electron chi connectivity index (χ2n) is 8.95. The molecule has 10 heteroatoms. The van der Waals surface area contributed by atoms with E-state index in [1.54, 1.807) is 62.8 Å². The van der Waals surface area contributed by atoms with Crippen molar-refractivity contribution < 1.29 is 47.5 Å². The van der Waals surface area contributed by atoms with Crippen molar-refractivity contribution in [2.24, 2.45) is 0 Å². The number of rotatable bonds is 10. The summed E-state index contributed by atoms with van der Waals surface area (Å²) in [5.74, 6) is 1.93. The minimum Gasteiger partial charge on any atom is -0.493 e. The van der Waals surface area contributed by atoms with Gasteiger partial charge in [0.15, 0.2) is 46.7 Å². The Labute approximate surface area is 244 Å². The van der Waals surface area contributed by atoms with Gasteiger partial charge in [-0.3, -0.25) is 0 Å². The molecule has 0 spiro atoms. The highest BCUT2D eigenvalue weighted by atomic mass is 16.6. The van der Waals surface area contributed by atoms with Gasteiger partial charge in [0.05, 0.1) is 42.7 Å². The maximum absolute atomic E-state index is 12.0. The molecule has 3 aromatic rings. The van der Waals surface area contributed by atoms with Gasteiger partial charge in [0.2, 0.25) is 0 Å². The van der Waals surface area contributed by atoms with Crippen molar-refractivity contribution in [1.29, 1.82) is 0 Å². The first-order chi connectivity index (χ1) is 20.3. The van der Waals surface area contributed by atoms with Crippen LogP contribution in [0.3, 0.4) is 0 Å². The minimum atomic E-state index is -0.718. The fourth-order valence-corrected chi connectivity index (χ4v) is 4.47. The summed E-state index contributed by atoms with van der Waals surface area (Å²) in [6.07, 6.45) is 4.47. The minimum absolute atomic E-state index is 0.463. The first-order valence-electron chi connectivity index (χ1n) is 12.8. The lowest BCUT2D eigenvalue weighted by atomic mass is 9.92. The quantitative estimate of drug-likeness (QED) is 0.232. The number of esters is 2. The van der Waals surface area contributed by atoms with E-state index in [1.807, 2.05) is 12.1 Å². The molecular formula is C32H32O10. The number of benzene rings is 3. The van der Waals surface area contributed by atoms with E-state index in [9.17, 15) is 9.59 Å². The van der Waals surface area contributed by atoms with Crippen LogP contribution in [0.4, 0.5) is 0 Å². The van der Waals surface area contributed by atoms with Gasteiger partial charge in [-0.2, -0.15) is 0 Å². The molecule has 0 N–H and O–H groups in total. The number of carbonyl (C=O) groups excluding carboxylic acids is 2. The Morgan fingerprint density at radius 1 is 0.619 bits per heavy atom. The molecule has 0 unspecified atom stereocenters. The highest BCUT2D eigenvalue weighted by Crippen LogP contribution is 2.49. The maximum Gasteiger partial charge on any atom is 0.330 e. The molecule has 3 aromatic carbocycles. The monoisotopic (exact) mass is 576 g/mol. The highest BCUT2D eigenvalue weighted by Gasteiger charge is 2.37. The SMILES string of the molecule is COC(=O)/C=C/c1ccc2c(c1)O[C@H](c1ccc(OC)c(OC)c1)[C@@H](c1cc(OC)c(OC)cc1/C=C/C(=O)OC)O2. The predicted octanol–water partition coefficient (Wildman–Crippen LogP) is 5.35. The number of ether oxygens (including phenoxy) is 8. The van der Waals surface area contributed by atoms with Crippen LogP contribution in [0.1, 0.15) is 34.5 Å². The number of methoxy groups -OCH3 is 6. The lowest BCUT2D eigenvalue weighted by Gasteiger charge is -2.36. The first kappa shape index (κ1) is 29.9. The van der Waals surface area contributed by atoms with Crippen molar-refractivity contribution >= 4 is 24.1 Å². The number of hydrogen-bond donors (Lipinski definition) is 0. The van der Waals surface area contributed by atoms with E-state index in [4.69, 9.17) is 37.9 Å². The van der Waals surface area contributed by atoms with Crippen LogP contribution in [0, 0.1) is 0 Å². The Hall–Kier alpha value is -5.12. The molecule has 0 saturated carbocycles. The first-order valence-corrected chi connectivity index (χ1v) is 12.8. The topological polar surface area (TPSA) is 108 Å². The van der Waals surface area contributed by atoms with Crippen molar-refractivity contribution in [1.82, 2.24) is 0 Å². The predicted molar refractivity (Wildman–Crippen MR) is 154 cm³/mol. The van der Waals surface area contributed by atoms with Gasteiger partial charge in [-0.25, -0.2) is 9.59 Å². The van der Waals surface area contributed by atoms with Crippen molar-refractivity contribution in [3.63, 3.8) is 0 Å². The Bertz CT molecular complexity index is 1510. The Kier molecular flexibility index (Phi) is 9.59. The smallest absolute Gasteiger partial charge is 0.330 e. The van der Waals surface area contributed by atoms with Gasteiger partial charge in [0.1, 0.15) is 0 Å². The Balaban J connectivity index is 1.89. The van der Waals surface area contributed by atoms with Crippen LogP contribution >= 0.6 is 0 Å². The summed E-state index contributed by atoms with van der Waals surface area (Å²) in [4.78, 5) is 23.6. The van der Waals surface area contributed by atoms with Crippen molar-refractivity contribution in [3.05, 3.63) is 82.9 Å². The van der Waals surface area contributed by atoms with Crippen molar-refractivity contribution in [3.8, 4) is 34.5 Å². The molecule has 0 radical (unpaired) electrons. The standard InChI is InChI=1S/C32H32O10/c1-35-23-12-9-21(17-25(23)36-2)31-32(41-24-11-7-19(15-28(24)42-31)8-13-29(33)39-5)22-18-27(38-4)26(37-3)16-20(22)10-14-30(34)40-6/h7-18,31-32H,1-6H3/b13-8+,14-10+/t31-,32-/m1/s1. The highest BCUT2D eigenvalue weighted by molar-refractivity contribution is 5.88. The summed E-state index contributed by atoms with van der Waals surface area (Å²) in [5.41, 5.74) is 2.72. The third-order valence-corrected chi connectivity index (χ3v) is 6.60. The van der Waals surface area contributed by atoms with Crippen LogP contribution in [0.5, 0.6) is 34.5 Å². The number of fused-ring (bicyclic) bond motifs is 1. The van der Waals surface area contributed by atoms with Crippen molar-refractivity contribution in [2.75, 3.05) is 42.7 Å². The normalized spacial score (nSPS) is 15.8. The molecule has 0 aliphatic carbocycles. The van der Waals surface area contributed by atoms with E-state index < -0.39 is 24.1 Å². The van der Waals surface area contributed by atoms with Crippen LogP contribution in [-0.2, 0) is 19.1 Å². The molecule has 220 valence electrons. The second kappa shape index (κ2) is 13.5. The third kappa shape index (κ3) is 6.43. The van der Waals surface area contributed by atoms with Gasteiger partial charge < -0.3 is 37.9 Å². The fourth-order valence-electron chi connectivity index (χ4n) is 4.47. The molecule has 4 rings (SSSR count). The summed E-state index contributed by atoms with van der Waals surface area (Å²) in [6.45, 7) is 0. The number of hydrogen-bond acceptors (Lipinski definition) is 10. The van der Waals surface area contributed by atoms with Gasteiger partial charge in [-0.1, -0.05) is 12.1 Å². The van der Waals surface area contributed by atoms with E-state index in [0.29, 0.717) is 51.2 Å². The molecule has 0 aromatic heterocycles. The van der Waals surface area contributed by atoms with E-state index in [2.05, 4.69) is 0 Å². The largest absolute Gasteiger partial charge is 0.493 e. The Morgan fingerprint density at radius 3 is 1.86 bits per heavy atom. The molecular weight excluding hydrogens is 544 g/mol. The van der Waals surface area contributed by atoms with Crippen LogP contribution in [0.15, 0.2) is 60.7 Å². The molecule has 1 aliphatic rings. The van der Waals surface area contributed by atoms with Crippen LogP contribution in [0.2, 0.25) is 0 Å². The molecule has 42 heavy (non-hydrogen) atoms. The zero-order valence-corrected chi connectivity index (χ0v) is 24.2. The van der Waals surface area contributed by atoms with Crippen molar-refractivity contribution in [2.45, 2.75) is 12.2 Å². The Morgan fingerprint density at radius 2 is 1.21 bits per heavy atom. The van der Waals surface area contributed by atoms with Crippen LogP contribution in [0.25, 0.3) is 12.2 Å². The van der Waals surface area contributed by atoms with Crippen LogP contribution in [-0.4, -0.2) is 54.6 Å². The molecule has 10 nitrogen and oxygen atoms in total. The maximum atomic E-state index is 12.0.